The van der Waals surface area contributed by atoms with E-state index in [0.717, 1.165) is 19.3 Å². The van der Waals surface area contributed by atoms with Gasteiger partial charge in [0.2, 0.25) is 0 Å². The van der Waals surface area contributed by atoms with Crippen LogP contribution in [0.4, 0.5) is 4.39 Å². The summed E-state index contributed by atoms with van der Waals surface area (Å²) >= 11 is 2.21. The summed E-state index contributed by atoms with van der Waals surface area (Å²) in [4.78, 5) is 0. The van der Waals surface area contributed by atoms with Crippen LogP contribution in [0.2, 0.25) is 0 Å². The first-order valence-corrected chi connectivity index (χ1v) is 4.33. The Balaban J connectivity index is 2.28. The third-order valence-electron chi connectivity index (χ3n) is 1.60. The number of halogens is 2. The molecule has 0 amide bonds. The zero-order valence-electron chi connectivity index (χ0n) is 4.74. The van der Waals surface area contributed by atoms with Gasteiger partial charge in [0.05, 0.1) is 0 Å². The molecular formula is C6H10FI. The summed E-state index contributed by atoms with van der Waals surface area (Å²) in [7, 11) is 0. The van der Waals surface area contributed by atoms with E-state index in [9.17, 15) is 4.39 Å². The Kier molecular flexibility index (Phi) is 2.53. The second-order valence-corrected chi connectivity index (χ2v) is 3.92. The van der Waals surface area contributed by atoms with Gasteiger partial charge in [-0.05, 0) is 12.8 Å². The van der Waals surface area contributed by atoms with Crippen LogP contribution < -0.4 is 0 Å². The molecule has 1 saturated carbocycles. The fraction of sp³-hybridized carbons (Fsp3) is 1.00. The third-order valence-corrected chi connectivity index (χ3v) is 3.01. The van der Waals surface area contributed by atoms with Gasteiger partial charge in [-0.25, -0.2) is 4.39 Å². The minimum absolute atomic E-state index is 0.307. The zero-order valence-corrected chi connectivity index (χ0v) is 6.90. The first-order valence-electron chi connectivity index (χ1n) is 3.09. The SMILES string of the molecule is FC1CCCCC1I. The molecule has 0 aliphatic heterocycles. The highest BCUT2D eigenvalue weighted by Crippen LogP contribution is 2.26. The Morgan fingerprint density at radius 3 is 2.25 bits per heavy atom. The molecule has 0 heterocycles. The summed E-state index contributed by atoms with van der Waals surface area (Å²) in [5.74, 6) is 0. The van der Waals surface area contributed by atoms with E-state index in [1.54, 1.807) is 0 Å². The molecule has 0 radical (unpaired) electrons. The van der Waals surface area contributed by atoms with Crippen LogP contribution in [-0.2, 0) is 0 Å². The minimum atomic E-state index is -0.510. The van der Waals surface area contributed by atoms with E-state index in [0.29, 0.717) is 3.92 Å². The highest BCUT2D eigenvalue weighted by molar-refractivity contribution is 14.1. The largest absolute Gasteiger partial charge is 0.246 e. The average Bonchev–Trinajstić information content (AvgIpc) is 1.77. The van der Waals surface area contributed by atoms with Crippen LogP contribution in [0.3, 0.4) is 0 Å². The number of rotatable bonds is 0. The Morgan fingerprint density at radius 1 is 1.25 bits per heavy atom. The molecule has 0 aromatic rings. The van der Waals surface area contributed by atoms with Crippen LogP contribution in [-0.4, -0.2) is 10.1 Å². The molecule has 0 nitrogen and oxygen atoms in total. The molecule has 1 aliphatic carbocycles. The molecule has 2 atom stereocenters. The van der Waals surface area contributed by atoms with Gasteiger partial charge in [0.15, 0.2) is 0 Å². The quantitative estimate of drug-likeness (QED) is 0.441. The highest BCUT2D eigenvalue weighted by Gasteiger charge is 2.20. The maximum absolute atomic E-state index is 12.6. The van der Waals surface area contributed by atoms with Crippen LogP contribution in [0.25, 0.3) is 0 Å². The topological polar surface area (TPSA) is 0 Å². The predicted molar refractivity (Wildman–Crippen MR) is 41.2 cm³/mol. The summed E-state index contributed by atoms with van der Waals surface area (Å²) in [6.45, 7) is 0. The van der Waals surface area contributed by atoms with E-state index in [1.165, 1.54) is 6.42 Å². The van der Waals surface area contributed by atoms with Gasteiger partial charge in [-0.1, -0.05) is 35.4 Å². The fourth-order valence-corrected chi connectivity index (χ4v) is 1.84. The molecule has 1 fully saturated rings. The molecule has 48 valence electrons. The lowest BCUT2D eigenvalue weighted by atomic mass is 9.99. The highest BCUT2D eigenvalue weighted by atomic mass is 127. The lowest BCUT2D eigenvalue weighted by Crippen LogP contribution is -2.19. The Morgan fingerprint density at radius 2 is 1.88 bits per heavy atom. The molecule has 0 aromatic heterocycles. The van der Waals surface area contributed by atoms with E-state index >= 15 is 0 Å². The van der Waals surface area contributed by atoms with Crippen LogP contribution in [0.1, 0.15) is 25.7 Å². The average molecular weight is 228 g/mol. The maximum atomic E-state index is 12.6. The van der Waals surface area contributed by atoms with Crippen LogP contribution in [0.5, 0.6) is 0 Å². The Hall–Kier alpha value is 0.660. The van der Waals surface area contributed by atoms with Crippen molar-refractivity contribution in [3.63, 3.8) is 0 Å². The molecule has 0 aromatic carbocycles. The molecule has 0 bridgehead atoms. The molecular weight excluding hydrogens is 218 g/mol. The monoisotopic (exact) mass is 228 g/mol. The van der Waals surface area contributed by atoms with Crippen molar-refractivity contribution in [3.05, 3.63) is 0 Å². The van der Waals surface area contributed by atoms with Crippen LogP contribution in [0.15, 0.2) is 0 Å². The second-order valence-electron chi connectivity index (χ2n) is 2.32. The van der Waals surface area contributed by atoms with E-state index in [1.807, 2.05) is 0 Å². The minimum Gasteiger partial charge on any atom is -0.246 e. The van der Waals surface area contributed by atoms with Crippen molar-refractivity contribution in [1.82, 2.24) is 0 Å². The van der Waals surface area contributed by atoms with Gasteiger partial charge in [-0.15, -0.1) is 0 Å². The van der Waals surface area contributed by atoms with Crippen molar-refractivity contribution < 1.29 is 4.39 Å². The summed E-state index contributed by atoms with van der Waals surface area (Å²) in [5, 5.41) is 0. The molecule has 0 spiro atoms. The van der Waals surface area contributed by atoms with Gasteiger partial charge in [-0.2, -0.15) is 0 Å². The van der Waals surface area contributed by atoms with Gasteiger partial charge < -0.3 is 0 Å². The fourth-order valence-electron chi connectivity index (χ4n) is 1.04. The van der Waals surface area contributed by atoms with Crippen LogP contribution >= 0.6 is 22.6 Å². The van der Waals surface area contributed by atoms with Gasteiger partial charge in [-0.3, -0.25) is 0 Å². The molecule has 0 saturated heterocycles. The number of alkyl halides is 2. The van der Waals surface area contributed by atoms with E-state index in [2.05, 4.69) is 22.6 Å². The van der Waals surface area contributed by atoms with Crippen molar-refractivity contribution in [3.8, 4) is 0 Å². The smallest absolute Gasteiger partial charge is 0.112 e. The van der Waals surface area contributed by atoms with Crippen LogP contribution in [0, 0.1) is 0 Å². The third kappa shape index (κ3) is 1.57. The summed E-state index contributed by atoms with van der Waals surface area (Å²) < 4.78 is 12.9. The Labute approximate surface area is 63.0 Å². The van der Waals surface area contributed by atoms with E-state index in [-0.39, 0.29) is 0 Å². The van der Waals surface area contributed by atoms with Crippen molar-refractivity contribution in [2.45, 2.75) is 35.8 Å². The summed E-state index contributed by atoms with van der Waals surface area (Å²) in [6.07, 6.45) is 3.70. The van der Waals surface area contributed by atoms with Gasteiger partial charge in [0.1, 0.15) is 6.17 Å². The lowest BCUT2D eigenvalue weighted by Gasteiger charge is -2.19. The second kappa shape index (κ2) is 2.99. The van der Waals surface area contributed by atoms with Crippen molar-refractivity contribution >= 4 is 22.6 Å². The Bertz CT molecular complexity index is 64.9. The maximum Gasteiger partial charge on any atom is 0.112 e. The van der Waals surface area contributed by atoms with Gasteiger partial charge in [0.25, 0.3) is 0 Å². The van der Waals surface area contributed by atoms with Gasteiger partial charge in [0, 0.05) is 3.92 Å². The molecule has 2 unspecified atom stereocenters. The molecule has 0 N–H and O–H groups in total. The number of hydrogen-bond acceptors (Lipinski definition) is 0. The number of hydrogen-bond donors (Lipinski definition) is 0. The first kappa shape index (κ1) is 6.78. The summed E-state index contributed by atoms with van der Waals surface area (Å²) in [6, 6.07) is 0. The zero-order chi connectivity index (χ0) is 5.98. The standard InChI is InChI=1S/C6H10FI/c7-5-3-1-2-4-6(5)8/h5-6H,1-4H2. The normalized spacial score (nSPS) is 39.8. The molecule has 1 aliphatic rings. The van der Waals surface area contributed by atoms with E-state index in [4.69, 9.17) is 0 Å². The molecule has 1 rings (SSSR count). The van der Waals surface area contributed by atoms with Crippen molar-refractivity contribution in [1.29, 1.82) is 0 Å². The van der Waals surface area contributed by atoms with Crippen molar-refractivity contribution in [2.75, 3.05) is 0 Å². The first-order chi connectivity index (χ1) is 3.80. The van der Waals surface area contributed by atoms with E-state index < -0.39 is 6.17 Å². The predicted octanol–water partition coefficient (Wildman–Crippen LogP) is 2.70. The molecule has 8 heavy (non-hydrogen) atoms. The molecule has 2 heteroatoms. The summed E-state index contributed by atoms with van der Waals surface area (Å²) in [5.41, 5.74) is 0. The lowest BCUT2D eigenvalue weighted by molar-refractivity contribution is 0.267. The van der Waals surface area contributed by atoms with Gasteiger partial charge >= 0.3 is 0 Å². The van der Waals surface area contributed by atoms with Crippen molar-refractivity contribution in [2.24, 2.45) is 0 Å².